The van der Waals surface area contributed by atoms with E-state index in [1.165, 1.54) is 18.0 Å². The molecule has 1 heterocycles. The Hall–Kier alpha value is -2.53. The summed E-state index contributed by atoms with van der Waals surface area (Å²) in [7, 11) is 0. The second kappa shape index (κ2) is 7.91. The van der Waals surface area contributed by atoms with E-state index < -0.39 is 5.91 Å². The quantitative estimate of drug-likeness (QED) is 0.658. The SMILES string of the molecule is O=C(N/N=C/c1ccc(OC/C=C/Cl)cc1)c1ccco1. The Kier molecular flexibility index (Phi) is 5.60. The molecule has 21 heavy (non-hydrogen) atoms. The Morgan fingerprint density at radius 3 is 2.81 bits per heavy atom. The van der Waals surface area contributed by atoms with Crippen molar-refractivity contribution in [1.29, 1.82) is 0 Å². The molecule has 1 aromatic heterocycles. The van der Waals surface area contributed by atoms with Crippen LogP contribution in [0.15, 0.2) is 63.8 Å². The minimum atomic E-state index is -0.399. The summed E-state index contributed by atoms with van der Waals surface area (Å²) in [5, 5.41) is 3.85. The summed E-state index contributed by atoms with van der Waals surface area (Å²) in [5.41, 5.74) is 4.61. The fourth-order valence-corrected chi connectivity index (χ4v) is 1.53. The number of ether oxygens (including phenoxy) is 1. The predicted molar refractivity (Wildman–Crippen MR) is 80.7 cm³/mol. The van der Waals surface area contributed by atoms with E-state index in [0.29, 0.717) is 6.61 Å². The Morgan fingerprint density at radius 1 is 1.33 bits per heavy atom. The van der Waals surface area contributed by atoms with Gasteiger partial charge in [0.25, 0.3) is 0 Å². The lowest BCUT2D eigenvalue weighted by Crippen LogP contribution is -2.16. The molecule has 0 unspecified atom stereocenters. The maximum atomic E-state index is 11.5. The second-order valence-corrected chi connectivity index (χ2v) is 4.17. The molecule has 0 aliphatic rings. The summed E-state index contributed by atoms with van der Waals surface area (Å²) >= 11 is 5.39. The van der Waals surface area contributed by atoms with Crippen LogP contribution in [0.1, 0.15) is 16.1 Å². The zero-order valence-corrected chi connectivity index (χ0v) is 11.8. The van der Waals surface area contributed by atoms with Crippen molar-refractivity contribution in [1.82, 2.24) is 5.43 Å². The van der Waals surface area contributed by atoms with Gasteiger partial charge in [0.1, 0.15) is 12.4 Å². The third kappa shape index (κ3) is 4.81. The number of hydrogen-bond acceptors (Lipinski definition) is 4. The fourth-order valence-electron chi connectivity index (χ4n) is 1.46. The molecule has 2 rings (SSSR count). The van der Waals surface area contributed by atoms with Gasteiger partial charge in [-0.25, -0.2) is 5.43 Å². The first-order valence-corrected chi connectivity index (χ1v) is 6.58. The molecule has 0 saturated heterocycles. The second-order valence-electron chi connectivity index (χ2n) is 3.92. The van der Waals surface area contributed by atoms with E-state index in [2.05, 4.69) is 10.5 Å². The number of nitrogens with one attached hydrogen (secondary N) is 1. The number of carbonyl (C=O) groups is 1. The van der Waals surface area contributed by atoms with E-state index in [1.54, 1.807) is 30.3 Å². The first kappa shape index (κ1) is 14.9. The van der Waals surface area contributed by atoms with Gasteiger partial charge in [-0.3, -0.25) is 4.79 Å². The lowest BCUT2D eigenvalue weighted by atomic mass is 10.2. The van der Waals surface area contributed by atoms with Gasteiger partial charge in [0.15, 0.2) is 5.76 Å². The van der Waals surface area contributed by atoms with Gasteiger partial charge < -0.3 is 9.15 Å². The van der Waals surface area contributed by atoms with Crippen LogP contribution in [0.3, 0.4) is 0 Å². The van der Waals surface area contributed by atoms with E-state index in [-0.39, 0.29) is 5.76 Å². The highest BCUT2D eigenvalue weighted by molar-refractivity contribution is 6.25. The van der Waals surface area contributed by atoms with Crippen LogP contribution >= 0.6 is 11.6 Å². The Morgan fingerprint density at radius 2 is 2.14 bits per heavy atom. The van der Waals surface area contributed by atoms with Crippen molar-refractivity contribution in [2.75, 3.05) is 6.61 Å². The van der Waals surface area contributed by atoms with Crippen LogP contribution in [-0.2, 0) is 0 Å². The average molecular weight is 305 g/mol. The molecule has 2 aromatic rings. The molecule has 1 N–H and O–H groups in total. The summed E-state index contributed by atoms with van der Waals surface area (Å²) < 4.78 is 10.3. The molecule has 0 radical (unpaired) electrons. The molecule has 0 saturated carbocycles. The third-order valence-electron chi connectivity index (χ3n) is 2.44. The highest BCUT2D eigenvalue weighted by Gasteiger charge is 2.05. The standard InChI is InChI=1S/C15H13ClN2O3/c16-8-2-10-20-13-6-4-12(5-7-13)11-17-18-15(19)14-3-1-9-21-14/h1-9,11H,10H2,(H,18,19)/b8-2+,17-11+. The van der Waals surface area contributed by atoms with Gasteiger partial charge in [-0.05, 0) is 48.0 Å². The number of halogens is 1. The molecule has 0 aliphatic carbocycles. The van der Waals surface area contributed by atoms with Gasteiger partial charge >= 0.3 is 5.91 Å². The van der Waals surface area contributed by atoms with Crippen molar-refractivity contribution in [3.63, 3.8) is 0 Å². The molecule has 1 aromatic carbocycles. The molecular weight excluding hydrogens is 292 g/mol. The van der Waals surface area contributed by atoms with Crippen molar-refractivity contribution in [2.24, 2.45) is 5.10 Å². The zero-order chi connectivity index (χ0) is 14.9. The van der Waals surface area contributed by atoms with Gasteiger partial charge in [-0.15, -0.1) is 0 Å². The monoisotopic (exact) mass is 304 g/mol. The van der Waals surface area contributed by atoms with E-state index in [9.17, 15) is 4.79 Å². The molecule has 0 fully saturated rings. The fraction of sp³-hybridized carbons (Fsp3) is 0.0667. The predicted octanol–water partition coefficient (Wildman–Crippen LogP) is 3.17. The van der Waals surface area contributed by atoms with Gasteiger partial charge in [-0.1, -0.05) is 11.6 Å². The molecule has 0 bridgehead atoms. The molecular formula is C15H13ClN2O3. The van der Waals surface area contributed by atoms with Crippen molar-refractivity contribution in [3.05, 3.63) is 65.6 Å². The summed E-state index contributed by atoms with van der Waals surface area (Å²) in [6.45, 7) is 0.413. The van der Waals surface area contributed by atoms with Crippen molar-refractivity contribution in [2.45, 2.75) is 0 Å². The molecule has 0 aliphatic heterocycles. The van der Waals surface area contributed by atoms with E-state index >= 15 is 0 Å². The first-order chi connectivity index (χ1) is 10.3. The smallest absolute Gasteiger partial charge is 0.307 e. The molecule has 108 valence electrons. The average Bonchev–Trinajstić information content (AvgIpc) is 3.03. The van der Waals surface area contributed by atoms with Crippen LogP contribution in [0.4, 0.5) is 0 Å². The number of amides is 1. The van der Waals surface area contributed by atoms with Crippen LogP contribution in [0.5, 0.6) is 5.75 Å². The summed E-state index contributed by atoms with van der Waals surface area (Å²) in [5.74, 6) is 0.536. The number of nitrogens with zero attached hydrogens (tertiary/aromatic N) is 1. The van der Waals surface area contributed by atoms with E-state index in [0.717, 1.165) is 11.3 Å². The minimum absolute atomic E-state index is 0.211. The largest absolute Gasteiger partial charge is 0.490 e. The number of carbonyl (C=O) groups excluding carboxylic acids is 1. The van der Waals surface area contributed by atoms with Crippen LogP contribution in [0.2, 0.25) is 0 Å². The van der Waals surface area contributed by atoms with Gasteiger partial charge in [0.05, 0.1) is 12.5 Å². The lowest BCUT2D eigenvalue weighted by Gasteiger charge is -2.02. The highest BCUT2D eigenvalue weighted by Crippen LogP contribution is 2.11. The normalized spacial score (nSPS) is 11.1. The molecule has 0 atom stereocenters. The number of hydrogen-bond donors (Lipinski definition) is 1. The molecule has 5 nitrogen and oxygen atoms in total. The van der Waals surface area contributed by atoms with Gasteiger partial charge in [0.2, 0.25) is 0 Å². The third-order valence-corrected chi connectivity index (χ3v) is 2.62. The Balaban J connectivity index is 1.85. The molecule has 1 amide bonds. The van der Waals surface area contributed by atoms with Gasteiger partial charge in [0, 0.05) is 5.54 Å². The Bertz CT molecular complexity index is 619. The summed E-state index contributed by atoms with van der Waals surface area (Å²) in [4.78, 5) is 11.5. The van der Waals surface area contributed by atoms with Crippen LogP contribution in [0.25, 0.3) is 0 Å². The number of hydrazone groups is 1. The van der Waals surface area contributed by atoms with Crippen LogP contribution in [0, 0.1) is 0 Å². The summed E-state index contributed by atoms with van der Waals surface area (Å²) in [6, 6.07) is 10.4. The van der Waals surface area contributed by atoms with Crippen molar-refractivity contribution in [3.8, 4) is 5.75 Å². The molecule has 0 spiro atoms. The maximum Gasteiger partial charge on any atom is 0.307 e. The Labute approximate surface area is 126 Å². The summed E-state index contributed by atoms with van der Waals surface area (Å²) in [6.07, 6.45) is 4.65. The minimum Gasteiger partial charge on any atom is -0.490 e. The number of rotatable bonds is 6. The topological polar surface area (TPSA) is 63.8 Å². The maximum absolute atomic E-state index is 11.5. The zero-order valence-electron chi connectivity index (χ0n) is 11.0. The van der Waals surface area contributed by atoms with Crippen molar-refractivity contribution < 1.29 is 13.9 Å². The molecule has 6 heteroatoms. The van der Waals surface area contributed by atoms with Crippen LogP contribution in [-0.4, -0.2) is 18.7 Å². The van der Waals surface area contributed by atoms with Crippen molar-refractivity contribution >= 4 is 23.7 Å². The number of benzene rings is 1. The lowest BCUT2D eigenvalue weighted by molar-refractivity contribution is 0.0927. The van der Waals surface area contributed by atoms with Gasteiger partial charge in [-0.2, -0.15) is 5.10 Å². The first-order valence-electron chi connectivity index (χ1n) is 6.14. The van der Waals surface area contributed by atoms with Crippen LogP contribution < -0.4 is 10.2 Å². The van der Waals surface area contributed by atoms with E-state index in [1.807, 2.05) is 12.1 Å². The highest BCUT2D eigenvalue weighted by atomic mass is 35.5. The number of furan rings is 1. The van der Waals surface area contributed by atoms with E-state index in [4.69, 9.17) is 20.8 Å².